The first kappa shape index (κ1) is 47.9. The average molecular weight is 971 g/mol. The summed E-state index contributed by atoms with van der Waals surface area (Å²) in [6.45, 7) is 9.06. The van der Waals surface area contributed by atoms with Crippen molar-refractivity contribution in [3.05, 3.63) is 65.1 Å². The third-order valence-corrected chi connectivity index (χ3v) is 18.7. The number of fused-ring (bicyclic) bond motifs is 2. The summed E-state index contributed by atoms with van der Waals surface area (Å²) in [6.07, 6.45) is 16.3. The third kappa shape index (κ3) is 8.89. The van der Waals surface area contributed by atoms with Gasteiger partial charge < -0.3 is 40.2 Å². The van der Waals surface area contributed by atoms with Crippen LogP contribution in [-0.4, -0.2) is 107 Å². The van der Waals surface area contributed by atoms with Gasteiger partial charge in [0.15, 0.2) is 0 Å². The highest BCUT2D eigenvalue weighted by atomic mass is 16.5. The molecule has 4 heterocycles. The van der Waals surface area contributed by atoms with Gasteiger partial charge in [0.2, 0.25) is 17.7 Å². The Bertz CT molecular complexity index is 2580. The zero-order valence-electron chi connectivity index (χ0n) is 42.5. The van der Waals surface area contributed by atoms with Gasteiger partial charge in [0.25, 0.3) is 0 Å². The fourth-order valence-corrected chi connectivity index (χ4v) is 14.2. The Balaban J connectivity index is 0.799. The minimum Gasteiger partial charge on any atom is -0.453 e. The highest BCUT2D eigenvalue weighted by molar-refractivity contribution is 5.88. The molecule has 2 aromatic carbocycles. The number of carbonyl (C=O) groups excluding carboxylic acids is 5. The summed E-state index contributed by atoms with van der Waals surface area (Å²) < 4.78 is 9.74. The minimum atomic E-state index is -0.707. The standard InChI is InChI=1S/C56H74N8O7/c1-31(2)45(60-52(68)70-5)50(66)63-29-55(19-20-55)26-43(63)47-57-28-42(59-47)34-11-9-33(10-12-34)36-14-15-37(40-25-54(24-39(36)40)17-7-8-18-54)35-13-16-41-38(23-35)49(65)62-48(58-41)44-27-56(21-22-56)30-64(44)51(67)46(32(3)4)61-53(69)71-6/h9-12,14-15,28,31-32,35,38,41,43-46,48,58H,7-8,13,16-27,29-30H2,1-6H3,(H,57,59)(H,60,68)(H,61,69)(H,62,65)/t35?,38?,41?,43-,44-,45-,46-,48?/m0/s1. The third-order valence-electron chi connectivity index (χ3n) is 18.7. The van der Waals surface area contributed by atoms with Crippen molar-refractivity contribution < 1.29 is 33.4 Å². The van der Waals surface area contributed by atoms with Gasteiger partial charge in [0, 0.05) is 19.1 Å². The molecule has 0 radical (unpaired) electrons. The molecule has 7 fully saturated rings. The van der Waals surface area contributed by atoms with Crippen LogP contribution in [0.25, 0.3) is 22.4 Å². The molecule has 5 N–H and O–H groups in total. The summed E-state index contributed by atoms with van der Waals surface area (Å²) in [4.78, 5) is 79.4. The number of methoxy groups -OCH3 is 2. The molecular weight excluding hydrogens is 897 g/mol. The van der Waals surface area contributed by atoms with E-state index in [2.05, 4.69) is 62.6 Å². The zero-order chi connectivity index (χ0) is 49.6. The predicted octanol–water partition coefficient (Wildman–Crippen LogP) is 7.90. The Morgan fingerprint density at radius 3 is 1.97 bits per heavy atom. The molecule has 8 aliphatic rings. The molecule has 3 saturated heterocycles. The largest absolute Gasteiger partial charge is 0.453 e. The van der Waals surface area contributed by atoms with E-state index in [-0.39, 0.29) is 76.5 Å². The van der Waals surface area contributed by atoms with Gasteiger partial charge in [-0.25, -0.2) is 14.6 Å². The van der Waals surface area contributed by atoms with Crippen molar-refractivity contribution in [2.24, 2.45) is 34.0 Å². The van der Waals surface area contributed by atoms with Crippen LogP contribution in [-0.2, 0) is 36.7 Å². The molecule has 5 amide bonds. The molecule has 3 aromatic rings. The lowest BCUT2D eigenvalue weighted by Crippen LogP contribution is -2.68. The molecule has 3 spiro atoms. The summed E-state index contributed by atoms with van der Waals surface area (Å²) in [6, 6.07) is 11.8. The van der Waals surface area contributed by atoms with E-state index in [0.29, 0.717) is 18.5 Å². The summed E-state index contributed by atoms with van der Waals surface area (Å²) in [7, 11) is 2.63. The molecule has 4 unspecified atom stereocenters. The van der Waals surface area contributed by atoms with Crippen LogP contribution >= 0.6 is 0 Å². The van der Waals surface area contributed by atoms with E-state index in [1.165, 1.54) is 67.7 Å². The minimum absolute atomic E-state index is 0.0340. The van der Waals surface area contributed by atoms with Gasteiger partial charge in [-0.1, -0.05) is 76.9 Å². The highest BCUT2D eigenvalue weighted by Crippen LogP contribution is 2.59. The van der Waals surface area contributed by atoms with Gasteiger partial charge in [-0.3, -0.25) is 19.7 Å². The van der Waals surface area contributed by atoms with Gasteiger partial charge in [0.1, 0.15) is 24.1 Å². The average Bonchev–Trinajstić information content (AvgIpc) is 3.83. The van der Waals surface area contributed by atoms with Crippen LogP contribution in [0, 0.1) is 34.0 Å². The number of likely N-dealkylation sites (tertiary alicyclic amines) is 2. The predicted molar refractivity (Wildman–Crippen MR) is 268 cm³/mol. The SMILES string of the molecule is COC(=O)N[C@H](C(=O)N1CC2(CC2)C[C@H]1c1ncc(-c2ccc(-c3ccc(C4CCC5NC([C@@H]6CC7(CC7)CN6C(=O)[C@@H](NC(=O)OC)C(C)C)NC(=O)C5C4)c4c3CC3(CCCC3)C4)cc2)[nH]1)C(C)C. The molecule has 71 heavy (non-hydrogen) atoms. The van der Waals surface area contributed by atoms with Crippen LogP contribution in [0.15, 0.2) is 42.6 Å². The van der Waals surface area contributed by atoms with E-state index in [1.54, 1.807) is 0 Å². The van der Waals surface area contributed by atoms with Gasteiger partial charge in [0.05, 0.1) is 44.1 Å². The van der Waals surface area contributed by atoms with Gasteiger partial charge >= 0.3 is 12.2 Å². The van der Waals surface area contributed by atoms with Gasteiger partial charge in [-0.15, -0.1) is 0 Å². The second kappa shape index (κ2) is 18.2. The molecule has 380 valence electrons. The number of carbonyl (C=O) groups is 5. The van der Waals surface area contributed by atoms with Gasteiger partial charge in [-0.2, -0.15) is 0 Å². The Hall–Kier alpha value is -5.44. The monoisotopic (exact) mass is 971 g/mol. The van der Waals surface area contributed by atoms with E-state index in [1.807, 2.05) is 43.7 Å². The summed E-state index contributed by atoms with van der Waals surface area (Å²) in [5.41, 5.74) is 9.38. The van der Waals surface area contributed by atoms with Crippen molar-refractivity contribution in [1.82, 2.24) is 41.0 Å². The lowest BCUT2D eigenvalue weighted by molar-refractivity contribution is -0.139. The van der Waals surface area contributed by atoms with Crippen molar-refractivity contribution in [1.29, 1.82) is 0 Å². The Kier molecular flexibility index (Phi) is 12.3. The number of amides is 5. The van der Waals surface area contributed by atoms with Crippen LogP contribution in [0.4, 0.5) is 9.59 Å². The molecule has 8 atom stereocenters. The van der Waals surface area contributed by atoms with Crippen molar-refractivity contribution in [2.75, 3.05) is 27.3 Å². The maximum atomic E-state index is 14.3. The molecule has 15 heteroatoms. The Morgan fingerprint density at radius 2 is 1.34 bits per heavy atom. The van der Waals surface area contributed by atoms with Gasteiger partial charge in [-0.05, 0) is 151 Å². The fraction of sp³-hybridized carbons (Fsp3) is 0.643. The van der Waals surface area contributed by atoms with Crippen molar-refractivity contribution in [3.8, 4) is 22.4 Å². The molecular formula is C56H74N8O7. The molecule has 4 saturated carbocycles. The number of nitrogens with zero attached hydrogens (tertiary/aromatic N) is 3. The number of hydrogen-bond donors (Lipinski definition) is 5. The van der Waals surface area contributed by atoms with E-state index < -0.39 is 24.3 Å². The normalized spacial score (nSPS) is 28.2. The maximum Gasteiger partial charge on any atom is 0.407 e. The van der Waals surface area contributed by atoms with Crippen molar-refractivity contribution in [2.45, 2.75) is 166 Å². The Morgan fingerprint density at radius 1 is 0.732 bits per heavy atom. The summed E-state index contributed by atoms with van der Waals surface area (Å²) >= 11 is 0. The van der Waals surface area contributed by atoms with E-state index in [9.17, 15) is 24.0 Å². The number of rotatable bonds is 11. The number of H-pyrrole nitrogens is 1. The number of ether oxygens (including phenoxy) is 2. The Labute approximate surface area is 418 Å². The number of benzene rings is 2. The quantitative estimate of drug-likeness (QED) is 0.127. The van der Waals surface area contributed by atoms with Crippen molar-refractivity contribution in [3.63, 3.8) is 0 Å². The molecule has 1 aromatic heterocycles. The fourth-order valence-electron chi connectivity index (χ4n) is 14.2. The zero-order valence-corrected chi connectivity index (χ0v) is 42.5. The van der Waals surface area contributed by atoms with Crippen molar-refractivity contribution >= 4 is 29.9 Å². The topological polar surface area (TPSA) is 187 Å². The van der Waals surface area contributed by atoms with E-state index in [0.717, 1.165) is 87.7 Å². The summed E-state index contributed by atoms with van der Waals surface area (Å²) in [5.74, 6) is 0.551. The molecule has 15 nitrogen and oxygen atoms in total. The molecule has 0 bridgehead atoms. The number of nitrogens with one attached hydrogen (secondary N) is 5. The van der Waals surface area contributed by atoms with Crippen LogP contribution in [0.2, 0.25) is 0 Å². The number of imidazole rings is 1. The first-order valence-electron chi connectivity index (χ1n) is 26.8. The second-order valence-corrected chi connectivity index (χ2v) is 24.0. The van der Waals surface area contributed by atoms with Crippen LogP contribution in [0.3, 0.4) is 0 Å². The molecule has 3 aliphatic heterocycles. The lowest BCUT2D eigenvalue weighted by Gasteiger charge is -2.46. The lowest BCUT2D eigenvalue weighted by atomic mass is 9.72. The highest BCUT2D eigenvalue weighted by Gasteiger charge is 2.58. The molecule has 11 rings (SSSR count). The van der Waals surface area contributed by atoms with E-state index in [4.69, 9.17) is 14.5 Å². The first-order chi connectivity index (χ1) is 34.1. The smallest absolute Gasteiger partial charge is 0.407 e. The molecule has 5 aliphatic carbocycles. The first-order valence-corrected chi connectivity index (χ1v) is 26.8. The number of hydrogen-bond acceptors (Lipinski definition) is 9. The number of aromatic amines is 1. The second-order valence-electron chi connectivity index (χ2n) is 24.0. The number of aromatic nitrogens is 2. The van der Waals surface area contributed by atoms with Crippen LogP contribution in [0.1, 0.15) is 146 Å². The maximum absolute atomic E-state index is 14.3. The summed E-state index contributed by atoms with van der Waals surface area (Å²) in [5, 5.41) is 12.8. The van der Waals surface area contributed by atoms with Crippen LogP contribution < -0.4 is 21.3 Å². The number of alkyl carbamates (subject to hydrolysis) is 2. The van der Waals surface area contributed by atoms with Crippen LogP contribution in [0.5, 0.6) is 0 Å². The van der Waals surface area contributed by atoms with E-state index >= 15 is 0 Å².